The number of rotatable bonds is 6. The van der Waals surface area contributed by atoms with Crippen LogP contribution in [0.1, 0.15) is 21.6 Å². The summed E-state index contributed by atoms with van der Waals surface area (Å²) in [4.78, 5) is 16.9. The van der Waals surface area contributed by atoms with Gasteiger partial charge in [0.25, 0.3) is 0 Å². The molecule has 0 aliphatic carbocycles. The van der Waals surface area contributed by atoms with Crippen LogP contribution in [-0.2, 0) is 11.6 Å². The smallest absolute Gasteiger partial charge is 0.385 e. The minimum absolute atomic E-state index is 0.0931. The number of carbonyl (C=O) groups is 1. The van der Waals surface area contributed by atoms with E-state index in [1.165, 1.54) is 10.7 Å². The molecule has 0 fully saturated rings. The molecule has 1 heterocycles. The van der Waals surface area contributed by atoms with Crippen molar-refractivity contribution in [3.05, 3.63) is 82.6 Å². The van der Waals surface area contributed by atoms with E-state index in [4.69, 9.17) is 26.9 Å². The van der Waals surface area contributed by atoms with Crippen molar-refractivity contribution in [1.82, 2.24) is 9.78 Å². The Labute approximate surface area is 160 Å². The molecule has 7 nitrogen and oxygen atoms in total. The quantitative estimate of drug-likeness (QED) is 0.304. The highest BCUT2D eigenvalue weighted by molar-refractivity contribution is 6.31. The predicted molar refractivity (Wildman–Crippen MR) is 102 cm³/mol. The fraction of sp³-hybridized carbons (Fsp3) is 0.105. The molecule has 0 aliphatic heterocycles. The molecule has 0 radical (unpaired) electrons. The molecule has 0 bridgehead atoms. The first-order valence-electron chi connectivity index (χ1n) is 8.05. The van der Waals surface area contributed by atoms with Crippen LogP contribution >= 0.6 is 11.6 Å². The number of hydrogen-bond donors (Lipinski definition) is 1. The summed E-state index contributed by atoms with van der Waals surface area (Å²) < 4.78 is 7.08. The van der Waals surface area contributed by atoms with E-state index in [0.717, 1.165) is 5.56 Å². The van der Waals surface area contributed by atoms with Crippen molar-refractivity contribution in [2.75, 3.05) is 0 Å². The normalized spacial score (nSPS) is 11.3. The maximum absolute atomic E-state index is 12.0. The lowest BCUT2D eigenvalue weighted by Gasteiger charge is -2.07. The second-order valence-electron chi connectivity index (χ2n) is 5.65. The van der Waals surface area contributed by atoms with Gasteiger partial charge < -0.3 is 15.3 Å². The summed E-state index contributed by atoms with van der Waals surface area (Å²) in [5.74, 6) is 0.0385. The van der Waals surface area contributed by atoms with Crippen molar-refractivity contribution < 1.29 is 14.4 Å². The lowest BCUT2D eigenvalue weighted by atomic mass is 10.2. The third-order valence-corrected chi connectivity index (χ3v) is 4.06. The summed E-state index contributed by atoms with van der Waals surface area (Å²) in [7, 11) is 0. The fourth-order valence-corrected chi connectivity index (χ4v) is 2.31. The van der Waals surface area contributed by atoms with E-state index in [2.05, 4.69) is 10.3 Å². The number of benzene rings is 2. The highest BCUT2D eigenvalue weighted by Crippen LogP contribution is 2.21. The SMILES string of the molecule is Cc1cc(OCn2ccc(C(=O)O/N=C(\N)c3ccccc3)n2)ccc1Cl. The molecule has 27 heavy (non-hydrogen) atoms. The van der Waals surface area contributed by atoms with Crippen molar-refractivity contribution in [2.24, 2.45) is 10.9 Å². The Kier molecular flexibility index (Phi) is 5.73. The van der Waals surface area contributed by atoms with Crippen LogP contribution in [0.25, 0.3) is 0 Å². The summed E-state index contributed by atoms with van der Waals surface area (Å²) in [6, 6.07) is 15.8. The number of nitrogens with two attached hydrogens (primary N) is 1. The lowest BCUT2D eigenvalue weighted by Crippen LogP contribution is -2.15. The Balaban J connectivity index is 1.58. The van der Waals surface area contributed by atoms with Gasteiger partial charge in [-0.3, -0.25) is 0 Å². The molecular formula is C19H17ClN4O3. The highest BCUT2D eigenvalue weighted by Gasteiger charge is 2.12. The molecule has 0 unspecified atom stereocenters. The zero-order valence-electron chi connectivity index (χ0n) is 14.5. The van der Waals surface area contributed by atoms with Crippen LogP contribution in [0.2, 0.25) is 5.02 Å². The Morgan fingerprint density at radius 1 is 1.22 bits per heavy atom. The first-order valence-corrected chi connectivity index (χ1v) is 8.43. The second kappa shape index (κ2) is 8.37. The Bertz CT molecular complexity index is 970. The molecule has 2 N–H and O–H groups in total. The van der Waals surface area contributed by atoms with Crippen molar-refractivity contribution in [3.63, 3.8) is 0 Å². The van der Waals surface area contributed by atoms with Crippen LogP contribution in [0.3, 0.4) is 0 Å². The van der Waals surface area contributed by atoms with E-state index < -0.39 is 5.97 Å². The number of ether oxygens (including phenoxy) is 1. The predicted octanol–water partition coefficient (Wildman–Crippen LogP) is 3.36. The van der Waals surface area contributed by atoms with Gasteiger partial charge in [0.15, 0.2) is 18.3 Å². The van der Waals surface area contributed by atoms with E-state index >= 15 is 0 Å². The Morgan fingerprint density at radius 3 is 2.74 bits per heavy atom. The van der Waals surface area contributed by atoms with E-state index in [1.807, 2.05) is 31.2 Å². The number of hydrogen-bond acceptors (Lipinski definition) is 5. The van der Waals surface area contributed by atoms with E-state index in [-0.39, 0.29) is 18.3 Å². The number of halogens is 1. The molecule has 0 atom stereocenters. The number of aryl methyl sites for hydroxylation is 1. The molecule has 1 aromatic heterocycles. The molecule has 0 spiro atoms. The summed E-state index contributed by atoms with van der Waals surface area (Å²) in [6.45, 7) is 2.02. The van der Waals surface area contributed by atoms with E-state index in [9.17, 15) is 4.79 Å². The molecule has 0 amide bonds. The van der Waals surface area contributed by atoms with Crippen LogP contribution in [0, 0.1) is 6.92 Å². The first kappa shape index (κ1) is 18.5. The van der Waals surface area contributed by atoms with Gasteiger partial charge in [-0.25, -0.2) is 9.48 Å². The number of nitrogens with zero attached hydrogens (tertiary/aromatic N) is 3. The van der Waals surface area contributed by atoms with Crippen molar-refractivity contribution >= 4 is 23.4 Å². The molecule has 3 rings (SSSR count). The Hall–Kier alpha value is -3.32. The highest BCUT2D eigenvalue weighted by atomic mass is 35.5. The van der Waals surface area contributed by atoms with Gasteiger partial charge in [-0.1, -0.05) is 47.1 Å². The van der Waals surface area contributed by atoms with Gasteiger partial charge in [0.2, 0.25) is 0 Å². The molecule has 0 aliphatic rings. The monoisotopic (exact) mass is 384 g/mol. The van der Waals surface area contributed by atoms with Crippen molar-refractivity contribution in [2.45, 2.75) is 13.7 Å². The number of amidine groups is 1. The summed E-state index contributed by atoms with van der Waals surface area (Å²) in [5.41, 5.74) is 7.44. The maximum atomic E-state index is 12.0. The minimum atomic E-state index is -0.713. The van der Waals surface area contributed by atoms with Gasteiger partial charge in [-0.15, -0.1) is 0 Å². The second-order valence-corrected chi connectivity index (χ2v) is 6.05. The van der Waals surface area contributed by atoms with Crippen LogP contribution in [0.5, 0.6) is 5.75 Å². The molecule has 0 saturated carbocycles. The summed E-state index contributed by atoms with van der Waals surface area (Å²) in [5, 5.41) is 8.41. The van der Waals surface area contributed by atoms with Crippen LogP contribution in [0.4, 0.5) is 0 Å². The lowest BCUT2D eigenvalue weighted by molar-refractivity contribution is 0.0507. The standard InChI is InChI=1S/C19H17ClN4O3/c1-13-11-15(7-8-16(13)20)26-12-24-10-9-17(22-24)19(25)27-23-18(21)14-5-3-2-4-6-14/h2-11H,12H2,1H3,(H2,21,23). The Morgan fingerprint density at radius 2 is 2.00 bits per heavy atom. The van der Waals surface area contributed by atoms with Crippen molar-refractivity contribution in [3.8, 4) is 5.75 Å². The number of aromatic nitrogens is 2. The zero-order valence-corrected chi connectivity index (χ0v) is 15.3. The molecule has 3 aromatic rings. The summed E-state index contributed by atoms with van der Waals surface area (Å²) in [6.07, 6.45) is 1.60. The van der Waals surface area contributed by atoms with Gasteiger partial charge in [0.1, 0.15) is 5.75 Å². The van der Waals surface area contributed by atoms with Gasteiger partial charge in [-0.05, 0) is 36.8 Å². The van der Waals surface area contributed by atoms with Crippen molar-refractivity contribution in [1.29, 1.82) is 0 Å². The molecule has 2 aromatic carbocycles. The van der Waals surface area contributed by atoms with Gasteiger partial charge in [-0.2, -0.15) is 5.10 Å². The average Bonchev–Trinajstić information content (AvgIpc) is 3.16. The van der Waals surface area contributed by atoms with Gasteiger partial charge in [0.05, 0.1) is 0 Å². The fourth-order valence-electron chi connectivity index (χ4n) is 2.19. The molecule has 138 valence electrons. The van der Waals surface area contributed by atoms with Gasteiger partial charge in [0, 0.05) is 16.8 Å². The third-order valence-electron chi connectivity index (χ3n) is 3.64. The molecule has 8 heteroatoms. The largest absolute Gasteiger partial charge is 0.471 e. The summed E-state index contributed by atoms with van der Waals surface area (Å²) >= 11 is 5.98. The van der Waals surface area contributed by atoms with Crippen LogP contribution in [-0.4, -0.2) is 21.6 Å². The number of oxime groups is 1. The molecule has 0 saturated heterocycles. The molecular weight excluding hydrogens is 368 g/mol. The number of carbonyl (C=O) groups excluding carboxylic acids is 1. The van der Waals surface area contributed by atoms with Crippen LogP contribution < -0.4 is 10.5 Å². The average molecular weight is 385 g/mol. The maximum Gasteiger partial charge on any atom is 0.385 e. The minimum Gasteiger partial charge on any atom is -0.471 e. The first-order chi connectivity index (χ1) is 13.0. The van der Waals surface area contributed by atoms with E-state index in [0.29, 0.717) is 16.3 Å². The van der Waals surface area contributed by atoms with E-state index in [1.54, 1.807) is 30.5 Å². The van der Waals surface area contributed by atoms with Gasteiger partial charge >= 0.3 is 5.97 Å². The topological polar surface area (TPSA) is 91.7 Å². The zero-order chi connectivity index (χ0) is 19.2. The van der Waals surface area contributed by atoms with Crippen LogP contribution in [0.15, 0.2) is 65.9 Å². The third kappa shape index (κ3) is 4.86.